The van der Waals surface area contributed by atoms with Crippen molar-refractivity contribution in [2.75, 3.05) is 0 Å². The maximum Gasteiger partial charge on any atom is 0.324 e. The van der Waals surface area contributed by atoms with Gasteiger partial charge in [0.1, 0.15) is 6.04 Å². The molecule has 8 nitrogen and oxygen atoms in total. The summed E-state index contributed by atoms with van der Waals surface area (Å²) in [6, 6.07) is -1.60. The SMILES string of the molecule is C[C@@H](O)[C@H](NS(=O)(=O)c1cnc[nH]1)C(=O)O. The maximum atomic E-state index is 11.6. The average Bonchev–Trinajstić information content (AvgIpc) is 2.66. The summed E-state index contributed by atoms with van der Waals surface area (Å²) < 4.78 is 25.0. The van der Waals surface area contributed by atoms with Gasteiger partial charge in [0.15, 0.2) is 5.03 Å². The van der Waals surface area contributed by atoms with Crippen LogP contribution in [0.3, 0.4) is 0 Å². The molecule has 0 saturated carbocycles. The highest BCUT2D eigenvalue weighted by Crippen LogP contribution is 2.05. The van der Waals surface area contributed by atoms with Gasteiger partial charge in [0.25, 0.3) is 10.0 Å². The number of carbonyl (C=O) groups is 1. The molecule has 2 atom stereocenters. The van der Waals surface area contributed by atoms with Crippen LogP contribution in [0.5, 0.6) is 0 Å². The number of hydrogen-bond donors (Lipinski definition) is 4. The minimum absolute atomic E-state index is 0.264. The van der Waals surface area contributed by atoms with E-state index in [-0.39, 0.29) is 5.03 Å². The van der Waals surface area contributed by atoms with E-state index >= 15 is 0 Å². The molecular formula is C7H11N3O5S. The quantitative estimate of drug-likeness (QED) is 0.503. The minimum atomic E-state index is -4.02. The van der Waals surface area contributed by atoms with Crippen LogP contribution in [-0.4, -0.2) is 46.7 Å². The van der Waals surface area contributed by atoms with Crippen molar-refractivity contribution in [2.24, 2.45) is 0 Å². The normalized spacial score (nSPS) is 15.6. The van der Waals surface area contributed by atoms with Gasteiger partial charge < -0.3 is 15.2 Å². The first-order valence-electron chi connectivity index (χ1n) is 4.26. The highest BCUT2D eigenvalue weighted by Gasteiger charge is 2.29. The lowest BCUT2D eigenvalue weighted by molar-refractivity contribution is -0.141. The Morgan fingerprint density at radius 1 is 1.62 bits per heavy atom. The topological polar surface area (TPSA) is 132 Å². The van der Waals surface area contributed by atoms with Crippen LogP contribution >= 0.6 is 0 Å². The van der Waals surface area contributed by atoms with Crippen molar-refractivity contribution < 1.29 is 23.4 Å². The highest BCUT2D eigenvalue weighted by atomic mass is 32.2. The van der Waals surface area contributed by atoms with Gasteiger partial charge in [-0.3, -0.25) is 4.79 Å². The van der Waals surface area contributed by atoms with Crippen molar-refractivity contribution in [3.63, 3.8) is 0 Å². The van der Waals surface area contributed by atoms with E-state index in [2.05, 4.69) is 9.97 Å². The Kier molecular flexibility index (Phi) is 3.62. The molecule has 16 heavy (non-hydrogen) atoms. The van der Waals surface area contributed by atoms with Crippen LogP contribution in [-0.2, 0) is 14.8 Å². The van der Waals surface area contributed by atoms with E-state index in [1.54, 1.807) is 0 Å². The Morgan fingerprint density at radius 2 is 2.25 bits per heavy atom. The molecule has 0 unspecified atom stereocenters. The predicted octanol–water partition coefficient (Wildman–Crippen LogP) is -1.48. The van der Waals surface area contributed by atoms with E-state index in [1.807, 2.05) is 4.72 Å². The standard InChI is InChI=1S/C7H11N3O5S/c1-4(11)6(7(12)13)10-16(14,15)5-2-8-3-9-5/h2-4,6,10-11H,1H3,(H,8,9)(H,12,13)/t4-,6+/m1/s1. The Morgan fingerprint density at radius 3 is 2.62 bits per heavy atom. The molecule has 0 amide bonds. The van der Waals surface area contributed by atoms with Gasteiger partial charge in [-0.05, 0) is 6.92 Å². The Bertz CT molecular complexity index is 452. The third-order valence-electron chi connectivity index (χ3n) is 1.79. The largest absolute Gasteiger partial charge is 0.480 e. The van der Waals surface area contributed by atoms with Crippen molar-refractivity contribution >= 4 is 16.0 Å². The van der Waals surface area contributed by atoms with Crippen LogP contribution in [0.2, 0.25) is 0 Å². The lowest BCUT2D eigenvalue weighted by atomic mass is 10.2. The monoisotopic (exact) mass is 249 g/mol. The van der Waals surface area contributed by atoms with Gasteiger partial charge in [-0.15, -0.1) is 0 Å². The number of aliphatic carboxylic acids is 1. The molecule has 90 valence electrons. The summed E-state index contributed by atoms with van der Waals surface area (Å²) >= 11 is 0. The third kappa shape index (κ3) is 2.78. The number of hydrogen-bond acceptors (Lipinski definition) is 5. The van der Waals surface area contributed by atoms with E-state index in [0.29, 0.717) is 0 Å². The average molecular weight is 249 g/mol. The van der Waals surface area contributed by atoms with Crippen LogP contribution in [0.15, 0.2) is 17.6 Å². The van der Waals surface area contributed by atoms with Gasteiger partial charge in [0, 0.05) is 0 Å². The molecule has 0 aliphatic carbocycles. The van der Waals surface area contributed by atoms with Crippen LogP contribution in [0.1, 0.15) is 6.92 Å². The summed E-state index contributed by atoms with van der Waals surface area (Å²) in [4.78, 5) is 16.5. The van der Waals surface area contributed by atoms with Crippen molar-refractivity contribution in [1.82, 2.24) is 14.7 Å². The van der Waals surface area contributed by atoms with Crippen molar-refractivity contribution in [1.29, 1.82) is 0 Å². The van der Waals surface area contributed by atoms with Gasteiger partial charge in [-0.2, -0.15) is 4.72 Å². The zero-order valence-corrected chi connectivity index (χ0v) is 9.10. The molecule has 1 heterocycles. The van der Waals surface area contributed by atoms with E-state index in [1.165, 1.54) is 6.92 Å². The lowest BCUT2D eigenvalue weighted by Gasteiger charge is -2.16. The number of nitrogens with one attached hydrogen (secondary N) is 2. The molecular weight excluding hydrogens is 238 g/mol. The second-order valence-electron chi connectivity index (χ2n) is 3.09. The van der Waals surface area contributed by atoms with Gasteiger partial charge in [-0.25, -0.2) is 13.4 Å². The highest BCUT2D eigenvalue weighted by molar-refractivity contribution is 7.89. The van der Waals surface area contributed by atoms with Crippen LogP contribution in [0, 0.1) is 0 Å². The molecule has 0 saturated heterocycles. The second kappa shape index (κ2) is 4.60. The van der Waals surface area contributed by atoms with Gasteiger partial charge in [-0.1, -0.05) is 0 Å². The molecule has 0 spiro atoms. The second-order valence-corrected chi connectivity index (χ2v) is 4.78. The number of carboxylic acid groups (broad SMARTS) is 1. The van der Waals surface area contributed by atoms with E-state index in [9.17, 15) is 13.2 Å². The number of aromatic amines is 1. The summed E-state index contributed by atoms with van der Waals surface area (Å²) in [5.41, 5.74) is 0. The van der Waals surface area contributed by atoms with Crippen LogP contribution in [0.25, 0.3) is 0 Å². The Balaban J connectivity index is 2.92. The first-order chi connectivity index (χ1) is 7.34. The minimum Gasteiger partial charge on any atom is -0.480 e. The first kappa shape index (κ1) is 12.6. The van der Waals surface area contributed by atoms with Gasteiger partial charge in [0.05, 0.1) is 18.6 Å². The molecule has 0 aromatic carbocycles. The summed E-state index contributed by atoms with van der Waals surface area (Å²) in [7, 11) is -4.02. The molecule has 1 aromatic heterocycles. The van der Waals surface area contributed by atoms with Gasteiger partial charge in [0.2, 0.25) is 0 Å². The van der Waals surface area contributed by atoms with E-state index in [4.69, 9.17) is 10.2 Å². The van der Waals surface area contributed by atoms with E-state index < -0.39 is 28.1 Å². The number of imidazole rings is 1. The summed E-state index contributed by atoms with van der Waals surface area (Å²) in [5.74, 6) is -1.46. The molecule has 1 aromatic rings. The third-order valence-corrected chi connectivity index (χ3v) is 3.16. The summed E-state index contributed by atoms with van der Waals surface area (Å²) in [5, 5.41) is 17.5. The first-order valence-corrected chi connectivity index (χ1v) is 5.74. The zero-order chi connectivity index (χ0) is 12.3. The van der Waals surface area contributed by atoms with Crippen molar-refractivity contribution in [3.05, 3.63) is 12.5 Å². The maximum absolute atomic E-state index is 11.6. The molecule has 0 aliphatic rings. The zero-order valence-electron chi connectivity index (χ0n) is 8.28. The molecule has 9 heteroatoms. The molecule has 0 bridgehead atoms. The molecule has 0 aliphatic heterocycles. The Labute approximate surface area is 91.4 Å². The van der Waals surface area contributed by atoms with Crippen molar-refractivity contribution in [3.8, 4) is 0 Å². The number of aromatic nitrogens is 2. The number of H-pyrrole nitrogens is 1. The van der Waals surface area contributed by atoms with E-state index in [0.717, 1.165) is 12.5 Å². The van der Waals surface area contributed by atoms with Gasteiger partial charge >= 0.3 is 5.97 Å². The fraction of sp³-hybridized carbons (Fsp3) is 0.429. The van der Waals surface area contributed by atoms with Crippen LogP contribution < -0.4 is 4.72 Å². The number of nitrogens with zero attached hydrogens (tertiary/aromatic N) is 1. The van der Waals surface area contributed by atoms with Crippen molar-refractivity contribution in [2.45, 2.75) is 24.1 Å². The molecule has 4 N–H and O–H groups in total. The fourth-order valence-corrected chi connectivity index (χ4v) is 2.14. The lowest BCUT2D eigenvalue weighted by Crippen LogP contribution is -2.47. The number of sulfonamides is 1. The number of aliphatic hydroxyl groups excluding tert-OH is 1. The number of rotatable bonds is 5. The molecule has 0 radical (unpaired) electrons. The smallest absolute Gasteiger partial charge is 0.324 e. The number of aliphatic hydroxyl groups is 1. The predicted molar refractivity (Wildman–Crippen MR) is 52.0 cm³/mol. The molecule has 0 fully saturated rings. The van der Waals surface area contributed by atoms with Crippen LogP contribution in [0.4, 0.5) is 0 Å². The summed E-state index contributed by atoms with van der Waals surface area (Å²) in [6.45, 7) is 1.17. The Hall–Kier alpha value is -1.45. The molecule has 1 rings (SSSR count). The summed E-state index contributed by atoms with van der Waals surface area (Å²) in [6.07, 6.45) is 0.825. The number of carboxylic acids is 1. The fourth-order valence-electron chi connectivity index (χ4n) is 0.976.